The summed E-state index contributed by atoms with van der Waals surface area (Å²) < 4.78 is 2.34. The highest BCUT2D eigenvalue weighted by molar-refractivity contribution is 6.28. The molecule has 7 aromatic rings. The van der Waals surface area contributed by atoms with Crippen LogP contribution in [-0.4, -0.2) is 9.38 Å². The van der Waals surface area contributed by atoms with E-state index in [1.54, 1.807) is 0 Å². The van der Waals surface area contributed by atoms with E-state index < -0.39 is 0 Å². The topological polar surface area (TPSA) is 17.3 Å². The fourth-order valence-corrected chi connectivity index (χ4v) is 4.89. The molecule has 0 aliphatic rings. The summed E-state index contributed by atoms with van der Waals surface area (Å²) in [5.74, 6) is 0. The summed E-state index contributed by atoms with van der Waals surface area (Å²) in [5.41, 5.74) is 4.41. The lowest BCUT2D eigenvalue weighted by Gasteiger charge is -2.13. The Morgan fingerprint density at radius 3 is 1.97 bits per heavy atom. The van der Waals surface area contributed by atoms with Gasteiger partial charge in [-0.2, -0.15) is 0 Å². The molecule has 0 bridgehead atoms. The van der Waals surface area contributed by atoms with Gasteiger partial charge in [0.05, 0.1) is 16.6 Å². The summed E-state index contributed by atoms with van der Waals surface area (Å²) in [7, 11) is 0. The molecule has 0 radical (unpaired) electrons. The monoisotopic (exact) mass is 368 g/mol. The normalized spacial score (nSPS) is 12.1. The van der Waals surface area contributed by atoms with E-state index in [0.29, 0.717) is 0 Å². The first-order valence-electron chi connectivity index (χ1n) is 9.92. The lowest BCUT2D eigenvalue weighted by atomic mass is 9.96. The molecule has 0 saturated carbocycles. The third-order valence-electron chi connectivity index (χ3n) is 6.13. The lowest BCUT2D eigenvalue weighted by molar-refractivity contribution is 1.32. The number of fused-ring (bicyclic) bond motifs is 12. The smallest absolute Gasteiger partial charge is 0.147 e. The maximum absolute atomic E-state index is 5.09. The van der Waals surface area contributed by atoms with Crippen LogP contribution in [0.2, 0.25) is 0 Å². The quantitative estimate of drug-likeness (QED) is 0.261. The molecule has 29 heavy (non-hydrogen) atoms. The van der Waals surface area contributed by atoms with Gasteiger partial charge in [0.25, 0.3) is 0 Å². The van der Waals surface area contributed by atoms with Crippen molar-refractivity contribution in [1.82, 2.24) is 9.38 Å². The highest BCUT2D eigenvalue weighted by Crippen LogP contribution is 2.39. The van der Waals surface area contributed by atoms with Gasteiger partial charge >= 0.3 is 0 Å². The minimum absolute atomic E-state index is 1.03. The van der Waals surface area contributed by atoms with E-state index in [2.05, 4.69) is 101 Å². The van der Waals surface area contributed by atoms with Crippen molar-refractivity contribution in [2.45, 2.75) is 0 Å². The van der Waals surface area contributed by atoms with E-state index in [1.807, 2.05) is 0 Å². The van der Waals surface area contributed by atoms with E-state index >= 15 is 0 Å². The van der Waals surface area contributed by atoms with Gasteiger partial charge in [-0.3, -0.25) is 4.40 Å². The fraction of sp³-hybridized carbons (Fsp3) is 0. The van der Waals surface area contributed by atoms with Crippen LogP contribution in [0.3, 0.4) is 0 Å². The Kier molecular flexibility index (Phi) is 2.77. The molecule has 0 spiro atoms. The van der Waals surface area contributed by atoms with Gasteiger partial charge in [-0.25, -0.2) is 4.98 Å². The van der Waals surface area contributed by atoms with Crippen LogP contribution in [0.4, 0.5) is 0 Å². The van der Waals surface area contributed by atoms with E-state index in [-0.39, 0.29) is 0 Å². The van der Waals surface area contributed by atoms with Crippen molar-refractivity contribution in [3.8, 4) is 0 Å². The predicted octanol–water partition coefficient (Wildman–Crippen LogP) is 7.10. The Balaban J connectivity index is 1.94. The van der Waals surface area contributed by atoms with Gasteiger partial charge in [0.15, 0.2) is 0 Å². The van der Waals surface area contributed by atoms with Crippen LogP contribution in [0.15, 0.2) is 97.1 Å². The van der Waals surface area contributed by atoms with E-state index in [4.69, 9.17) is 4.98 Å². The van der Waals surface area contributed by atoms with Gasteiger partial charge in [-0.1, -0.05) is 78.9 Å². The molecule has 2 aromatic heterocycles. The van der Waals surface area contributed by atoms with E-state index in [9.17, 15) is 0 Å². The number of nitrogens with zero attached hydrogens (tertiary/aromatic N) is 2. The van der Waals surface area contributed by atoms with Crippen molar-refractivity contribution in [3.63, 3.8) is 0 Å². The fourth-order valence-electron chi connectivity index (χ4n) is 4.89. The van der Waals surface area contributed by atoms with Gasteiger partial charge < -0.3 is 0 Å². The molecule has 2 heterocycles. The second-order valence-corrected chi connectivity index (χ2v) is 7.65. The Bertz CT molecular complexity index is 1760. The second kappa shape index (κ2) is 5.33. The zero-order valence-electron chi connectivity index (χ0n) is 15.6. The molecule has 2 nitrogen and oxygen atoms in total. The molecule has 2 heteroatoms. The molecule has 0 unspecified atom stereocenters. The van der Waals surface area contributed by atoms with Crippen molar-refractivity contribution < 1.29 is 0 Å². The maximum Gasteiger partial charge on any atom is 0.147 e. The average molecular weight is 368 g/mol. The standard InChI is InChI=1S/C27H16N2/c1-3-9-19-18(8-1)14-16-24-25(19)21-15-13-17-7-2-4-10-20(17)26(21)27-28-22-11-5-6-12-23(22)29(24)27/h1-16H. The Morgan fingerprint density at radius 2 is 1.14 bits per heavy atom. The number of imidazole rings is 1. The third kappa shape index (κ3) is 1.88. The van der Waals surface area contributed by atoms with Crippen LogP contribution in [0, 0.1) is 0 Å². The minimum atomic E-state index is 1.03. The number of hydrogen-bond acceptors (Lipinski definition) is 1. The lowest BCUT2D eigenvalue weighted by Crippen LogP contribution is -1.93. The van der Waals surface area contributed by atoms with Crippen LogP contribution in [0.1, 0.15) is 0 Å². The van der Waals surface area contributed by atoms with Gasteiger partial charge in [0.1, 0.15) is 5.65 Å². The number of rotatable bonds is 0. The minimum Gasteiger partial charge on any atom is -0.292 e. The second-order valence-electron chi connectivity index (χ2n) is 7.65. The Hall–Kier alpha value is -3.91. The van der Waals surface area contributed by atoms with Gasteiger partial charge in [-0.15, -0.1) is 0 Å². The highest BCUT2D eigenvalue weighted by Gasteiger charge is 2.16. The first kappa shape index (κ1) is 15.1. The molecule has 0 saturated heterocycles. The largest absolute Gasteiger partial charge is 0.292 e. The van der Waals surface area contributed by atoms with Crippen LogP contribution in [0.25, 0.3) is 59.9 Å². The predicted molar refractivity (Wildman–Crippen MR) is 123 cm³/mol. The van der Waals surface area contributed by atoms with E-state index in [0.717, 1.165) is 16.7 Å². The van der Waals surface area contributed by atoms with Crippen molar-refractivity contribution in [2.24, 2.45) is 0 Å². The molecule has 0 N–H and O–H groups in total. The molecule has 7 rings (SSSR count). The van der Waals surface area contributed by atoms with E-state index in [1.165, 1.54) is 43.2 Å². The number of para-hydroxylation sites is 2. The summed E-state index contributed by atoms with van der Waals surface area (Å²) >= 11 is 0. The van der Waals surface area contributed by atoms with Crippen LogP contribution < -0.4 is 0 Å². The SMILES string of the molecule is c1ccc2c(c1)ccc1c2c2ccc3ccccc3c2c2nc3ccccc3n12. The molecular formula is C27H16N2. The van der Waals surface area contributed by atoms with Crippen LogP contribution >= 0.6 is 0 Å². The molecule has 0 atom stereocenters. The number of pyridine rings is 1. The summed E-state index contributed by atoms with van der Waals surface area (Å²) in [6.07, 6.45) is 0. The Morgan fingerprint density at radius 1 is 0.483 bits per heavy atom. The average Bonchev–Trinajstić information content (AvgIpc) is 3.18. The first-order valence-corrected chi connectivity index (χ1v) is 9.92. The van der Waals surface area contributed by atoms with Gasteiger partial charge in [0.2, 0.25) is 0 Å². The molecule has 0 fully saturated rings. The molecule has 0 amide bonds. The summed E-state index contributed by atoms with van der Waals surface area (Å²) in [6, 6.07) is 34.7. The highest BCUT2D eigenvalue weighted by atomic mass is 15.0. The molecule has 0 aliphatic carbocycles. The molecule has 0 aliphatic heterocycles. The molecule has 134 valence electrons. The van der Waals surface area contributed by atoms with Crippen LogP contribution in [-0.2, 0) is 0 Å². The van der Waals surface area contributed by atoms with Crippen molar-refractivity contribution in [2.75, 3.05) is 0 Å². The van der Waals surface area contributed by atoms with Crippen LogP contribution in [0.5, 0.6) is 0 Å². The van der Waals surface area contributed by atoms with Gasteiger partial charge in [-0.05, 0) is 45.1 Å². The summed E-state index contributed by atoms with van der Waals surface area (Å²) in [6.45, 7) is 0. The summed E-state index contributed by atoms with van der Waals surface area (Å²) in [5, 5.41) is 8.82. The number of benzene rings is 5. The third-order valence-corrected chi connectivity index (χ3v) is 6.13. The zero-order chi connectivity index (χ0) is 18.9. The van der Waals surface area contributed by atoms with Crippen molar-refractivity contribution in [1.29, 1.82) is 0 Å². The first-order chi connectivity index (χ1) is 14.4. The number of aromatic nitrogens is 2. The van der Waals surface area contributed by atoms with Gasteiger partial charge in [0, 0.05) is 10.8 Å². The summed E-state index contributed by atoms with van der Waals surface area (Å²) in [4.78, 5) is 5.09. The molecular weight excluding hydrogens is 352 g/mol. The molecule has 5 aromatic carbocycles. The number of hydrogen-bond donors (Lipinski definition) is 0. The Labute approximate surface area is 166 Å². The van der Waals surface area contributed by atoms with Crippen molar-refractivity contribution in [3.05, 3.63) is 97.1 Å². The maximum atomic E-state index is 5.09. The van der Waals surface area contributed by atoms with Crippen molar-refractivity contribution >= 4 is 59.9 Å². The zero-order valence-corrected chi connectivity index (χ0v) is 15.6.